The summed E-state index contributed by atoms with van der Waals surface area (Å²) in [4.78, 5) is 11.7. The minimum atomic E-state index is -0.375. The van der Waals surface area contributed by atoms with Gasteiger partial charge in [0.1, 0.15) is 5.75 Å². The van der Waals surface area contributed by atoms with Gasteiger partial charge in [-0.2, -0.15) is 0 Å². The monoisotopic (exact) mass is 263 g/mol. The van der Waals surface area contributed by atoms with Gasteiger partial charge in [-0.3, -0.25) is 4.79 Å². The molecule has 0 spiro atoms. The van der Waals surface area contributed by atoms with Crippen molar-refractivity contribution in [1.82, 2.24) is 5.32 Å². The van der Waals surface area contributed by atoms with Crippen LogP contribution >= 0.6 is 0 Å². The Labute approximate surface area is 113 Å². The van der Waals surface area contributed by atoms with E-state index in [1.54, 1.807) is 0 Å². The van der Waals surface area contributed by atoms with E-state index in [4.69, 9.17) is 9.84 Å². The number of rotatable bonds is 6. The SMILES string of the molecule is CC(C)c1cccc(OCC(=O)NC2(CO)CC2)c1. The van der Waals surface area contributed by atoms with Gasteiger partial charge in [0.25, 0.3) is 5.91 Å². The van der Waals surface area contributed by atoms with Crippen LogP contribution in [-0.4, -0.2) is 29.8 Å². The highest BCUT2D eigenvalue weighted by Crippen LogP contribution is 2.34. The Balaban J connectivity index is 1.85. The molecular weight excluding hydrogens is 242 g/mol. The molecule has 0 bridgehead atoms. The lowest BCUT2D eigenvalue weighted by Gasteiger charge is -2.15. The summed E-state index contributed by atoms with van der Waals surface area (Å²) in [6, 6.07) is 7.77. The molecule has 0 aromatic heterocycles. The van der Waals surface area contributed by atoms with E-state index in [1.165, 1.54) is 5.56 Å². The molecule has 2 rings (SSSR count). The van der Waals surface area contributed by atoms with Crippen molar-refractivity contribution in [2.75, 3.05) is 13.2 Å². The molecule has 1 fully saturated rings. The number of hydrogen-bond donors (Lipinski definition) is 2. The number of carbonyl (C=O) groups excluding carboxylic acids is 1. The van der Waals surface area contributed by atoms with E-state index < -0.39 is 0 Å². The first-order chi connectivity index (χ1) is 9.04. The minimum absolute atomic E-state index is 0.00156. The first-order valence-corrected chi connectivity index (χ1v) is 6.69. The van der Waals surface area contributed by atoms with Crippen molar-refractivity contribution in [2.45, 2.75) is 38.1 Å². The maximum Gasteiger partial charge on any atom is 0.258 e. The van der Waals surface area contributed by atoms with Crippen molar-refractivity contribution in [3.63, 3.8) is 0 Å². The maximum atomic E-state index is 11.7. The molecular formula is C15H21NO3. The summed E-state index contributed by atoms with van der Waals surface area (Å²) < 4.78 is 5.48. The fourth-order valence-electron chi connectivity index (χ4n) is 1.92. The van der Waals surface area contributed by atoms with Gasteiger partial charge in [0, 0.05) is 0 Å². The van der Waals surface area contributed by atoms with E-state index in [2.05, 4.69) is 19.2 Å². The zero-order valence-corrected chi connectivity index (χ0v) is 11.5. The Bertz CT molecular complexity index is 452. The zero-order valence-electron chi connectivity index (χ0n) is 11.5. The molecule has 1 saturated carbocycles. The van der Waals surface area contributed by atoms with Gasteiger partial charge < -0.3 is 15.2 Å². The first kappa shape index (κ1) is 13.9. The van der Waals surface area contributed by atoms with Gasteiger partial charge in [-0.05, 0) is 36.5 Å². The van der Waals surface area contributed by atoms with Gasteiger partial charge in [-0.1, -0.05) is 26.0 Å². The number of aliphatic hydroxyl groups excluding tert-OH is 1. The lowest BCUT2D eigenvalue weighted by atomic mass is 10.0. The van der Waals surface area contributed by atoms with Gasteiger partial charge in [0.2, 0.25) is 0 Å². The summed E-state index contributed by atoms with van der Waals surface area (Å²) in [5.41, 5.74) is 0.812. The zero-order chi connectivity index (χ0) is 13.9. The lowest BCUT2D eigenvalue weighted by molar-refractivity contribution is -0.124. The lowest BCUT2D eigenvalue weighted by Crippen LogP contribution is -2.42. The highest BCUT2D eigenvalue weighted by atomic mass is 16.5. The molecule has 4 heteroatoms. The molecule has 4 nitrogen and oxygen atoms in total. The Morgan fingerprint density at radius 3 is 2.79 bits per heavy atom. The second kappa shape index (κ2) is 5.61. The fraction of sp³-hybridized carbons (Fsp3) is 0.533. The third kappa shape index (κ3) is 3.70. The van der Waals surface area contributed by atoms with Crippen LogP contribution in [0.4, 0.5) is 0 Å². The second-order valence-electron chi connectivity index (χ2n) is 5.50. The molecule has 0 atom stereocenters. The highest BCUT2D eigenvalue weighted by molar-refractivity contribution is 5.78. The third-order valence-electron chi connectivity index (χ3n) is 3.46. The van der Waals surface area contributed by atoms with Gasteiger partial charge in [0.05, 0.1) is 12.1 Å². The van der Waals surface area contributed by atoms with E-state index in [9.17, 15) is 4.79 Å². The van der Waals surface area contributed by atoms with Crippen molar-refractivity contribution in [2.24, 2.45) is 0 Å². The normalized spacial score (nSPS) is 16.2. The smallest absolute Gasteiger partial charge is 0.258 e. The molecule has 1 amide bonds. The van der Waals surface area contributed by atoms with E-state index in [0.29, 0.717) is 11.7 Å². The number of amides is 1. The van der Waals surface area contributed by atoms with Crippen LogP contribution in [0.1, 0.15) is 38.2 Å². The Morgan fingerprint density at radius 2 is 2.21 bits per heavy atom. The van der Waals surface area contributed by atoms with E-state index in [-0.39, 0.29) is 24.7 Å². The highest BCUT2D eigenvalue weighted by Gasteiger charge is 2.43. The molecule has 1 aromatic rings. The Morgan fingerprint density at radius 1 is 1.47 bits per heavy atom. The van der Waals surface area contributed by atoms with Crippen molar-refractivity contribution in [3.05, 3.63) is 29.8 Å². The van der Waals surface area contributed by atoms with E-state index in [1.807, 2.05) is 24.3 Å². The minimum Gasteiger partial charge on any atom is -0.484 e. The molecule has 2 N–H and O–H groups in total. The second-order valence-corrected chi connectivity index (χ2v) is 5.50. The van der Waals surface area contributed by atoms with Crippen LogP contribution in [0.25, 0.3) is 0 Å². The maximum absolute atomic E-state index is 11.7. The molecule has 1 aliphatic carbocycles. The summed E-state index contributed by atoms with van der Waals surface area (Å²) in [6.07, 6.45) is 1.69. The average Bonchev–Trinajstić information content (AvgIpc) is 3.17. The first-order valence-electron chi connectivity index (χ1n) is 6.69. The van der Waals surface area contributed by atoms with Crippen LogP contribution in [0.2, 0.25) is 0 Å². The van der Waals surface area contributed by atoms with Crippen molar-refractivity contribution in [1.29, 1.82) is 0 Å². The van der Waals surface area contributed by atoms with Crippen LogP contribution in [0.3, 0.4) is 0 Å². The van der Waals surface area contributed by atoms with Crippen LogP contribution in [0.5, 0.6) is 5.75 Å². The molecule has 0 unspecified atom stereocenters. The summed E-state index contributed by atoms with van der Waals surface area (Å²) in [5, 5.41) is 11.9. The molecule has 19 heavy (non-hydrogen) atoms. The number of benzene rings is 1. The standard InChI is InChI=1S/C15H21NO3/c1-11(2)12-4-3-5-13(8-12)19-9-14(18)16-15(10-17)6-7-15/h3-5,8,11,17H,6-7,9-10H2,1-2H3,(H,16,18). The van der Waals surface area contributed by atoms with Gasteiger partial charge >= 0.3 is 0 Å². The van der Waals surface area contributed by atoms with E-state index in [0.717, 1.165) is 12.8 Å². The number of ether oxygens (including phenoxy) is 1. The van der Waals surface area contributed by atoms with Gasteiger partial charge in [-0.25, -0.2) is 0 Å². The number of aliphatic hydroxyl groups is 1. The van der Waals surface area contributed by atoms with Crippen molar-refractivity contribution < 1.29 is 14.6 Å². The van der Waals surface area contributed by atoms with E-state index >= 15 is 0 Å². The number of nitrogens with one attached hydrogen (secondary N) is 1. The molecule has 1 aromatic carbocycles. The van der Waals surface area contributed by atoms with Crippen LogP contribution in [0, 0.1) is 0 Å². The van der Waals surface area contributed by atoms with Gasteiger partial charge in [-0.15, -0.1) is 0 Å². The van der Waals surface area contributed by atoms with Gasteiger partial charge in [0.15, 0.2) is 6.61 Å². The molecule has 0 saturated heterocycles. The predicted octanol–water partition coefficient (Wildman–Crippen LogP) is 1.83. The average molecular weight is 263 g/mol. The third-order valence-corrected chi connectivity index (χ3v) is 3.46. The Kier molecular flexibility index (Phi) is 4.10. The fourth-order valence-corrected chi connectivity index (χ4v) is 1.92. The molecule has 0 heterocycles. The topological polar surface area (TPSA) is 58.6 Å². The largest absolute Gasteiger partial charge is 0.484 e. The number of carbonyl (C=O) groups is 1. The molecule has 0 aliphatic heterocycles. The summed E-state index contributed by atoms with van der Waals surface area (Å²) in [7, 11) is 0. The van der Waals surface area contributed by atoms with Crippen LogP contribution in [0.15, 0.2) is 24.3 Å². The van der Waals surface area contributed by atoms with Crippen LogP contribution in [-0.2, 0) is 4.79 Å². The number of hydrogen-bond acceptors (Lipinski definition) is 3. The quantitative estimate of drug-likeness (QED) is 0.823. The predicted molar refractivity (Wildman–Crippen MR) is 73.2 cm³/mol. The molecule has 0 radical (unpaired) electrons. The Hall–Kier alpha value is -1.55. The van der Waals surface area contributed by atoms with Crippen molar-refractivity contribution in [3.8, 4) is 5.75 Å². The van der Waals surface area contributed by atoms with Crippen molar-refractivity contribution >= 4 is 5.91 Å². The molecule has 1 aliphatic rings. The van der Waals surface area contributed by atoms with Crippen LogP contribution < -0.4 is 10.1 Å². The summed E-state index contributed by atoms with van der Waals surface area (Å²) in [6.45, 7) is 4.22. The summed E-state index contributed by atoms with van der Waals surface area (Å²) >= 11 is 0. The summed E-state index contributed by atoms with van der Waals surface area (Å²) in [5.74, 6) is 0.957. The molecule has 104 valence electrons.